The van der Waals surface area contributed by atoms with Gasteiger partial charge in [-0.1, -0.05) is 6.92 Å². The molecule has 6 nitrogen and oxygen atoms in total. The van der Waals surface area contributed by atoms with Crippen LogP contribution in [0.1, 0.15) is 26.0 Å². The SMILES string of the molecule is CCC1CC(O)C(n2cc(F)c(=O)[nH]c2=O)O1. The van der Waals surface area contributed by atoms with Crippen molar-refractivity contribution in [3.63, 3.8) is 0 Å². The molecule has 3 atom stereocenters. The van der Waals surface area contributed by atoms with Gasteiger partial charge in [0.05, 0.1) is 12.3 Å². The van der Waals surface area contributed by atoms with Crippen LogP contribution >= 0.6 is 0 Å². The van der Waals surface area contributed by atoms with Gasteiger partial charge in [0.25, 0.3) is 5.56 Å². The summed E-state index contributed by atoms with van der Waals surface area (Å²) in [7, 11) is 0. The molecule has 0 aliphatic carbocycles. The minimum atomic E-state index is -1.08. The highest BCUT2D eigenvalue weighted by Gasteiger charge is 2.35. The van der Waals surface area contributed by atoms with Crippen LogP contribution < -0.4 is 11.2 Å². The number of aromatic nitrogens is 2. The summed E-state index contributed by atoms with van der Waals surface area (Å²) in [6.45, 7) is 1.88. The maximum absolute atomic E-state index is 13.1. The Labute approximate surface area is 95.7 Å². The van der Waals surface area contributed by atoms with E-state index in [1.165, 1.54) is 0 Å². The van der Waals surface area contributed by atoms with Crippen molar-refractivity contribution >= 4 is 0 Å². The molecule has 0 spiro atoms. The standard InChI is InChI=1S/C10H13FN2O4/c1-2-5-3-7(14)9(17-5)13-4-6(11)8(15)12-10(13)16/h4-5,7,9,14H,2-3H2,1H3,(H,12,15,16). The summed E-state index contributed by atoms with van der Waals surface area (Å²) in [4.78, 5) is 24.2. The number of hydrogen-bond acceptors (Lipinski definition) is 4. The van der Waals surface area contributed by atoms with E-state index in [1.54, 1.807) is 0 Å². The Hall–Kier alpha value is -1.47. The van der Waals surface area contributed by atoms with Crippen molar-refractivity contribution in [1.29, 1.82) is 0 Å². The van der Waals surface area contributed by atoms with Crippen LogP contribution in [0.15, 0.2) is 15.8 Å². The molecule has 1 saturated heterocycles. The molecule has 1 aromatic heterocycles. The third-order valence-electron chi connectivity index (χ3n) is 2.82. The predicted octanol–water partition coefficient (Wildman–Crippen LogP) is -0.266. The van der Waals surface area contributed by atoms with Crippen molar-refractivity contribution in [2.45, 2.75) is 38.2 Å². The number of H-pyrrole nitrogens is 1. The van der Waals surface area contributed by atoms with E-state index in [2.05, 4.69) is 0 Å². The quantitative estimate of drug-likeness (QED) is 0.750. The van der Waals surface area contributed by atoms with Gasteiger partial charge in [0.1, 0.15) is 6.10 Å². The number of hydrogen-bond donors (Lipinski definition) is 2. The first kappa shape index (κ1) is 12.0. The van der Waals surface area contributed by atoms with Crippen molar-refractivity contribution in [3.8, 4) is 0 Å². The molecule has 0 bridgehead atoms. The maximum Gasteiger partial charge on any atom is 0.330 e. The van der Waals surface area contributed by atoms with Crippen LogP contribution in [0.4, 0.5) is 4.39 Å². The third-order valence-corrected chi connectivity index (χ3v) is 2.82. The van der Waals surface area contributed by atoms with Gasteiger partial charge in [0.2, 0.25) is 5.82 Å². The Balaban J connectivity index is 2.38. The molecule has 94 valence electrons. The zero-order chi connectivity index (χ0) is 12.6. The van der Waals surface area contributed by atoms with Crippen molar-refractivity contribution < 1.29 is 14.2 Å². The van der Waals surface area contributed by atoms with E-state index >= 15 is 0 Å². The van der Waals surface area contributed by atoms with Gasteiger partial charge in [-0.05, 0) is 6.42 Å². The molecule has 1 aromatic rings. The smallest absolute Gasteiger partial charge is 0.330 e. The number of ether oxygens (including phenoxy) is 1. The van der Waals surface area contributed by atoms with Gasteiger partial charge < -0.3 is 9.84 Å². The monoisotopic (exact) mass is 244 g/mol. The second-order valence-electron chi connectivity index (χ2n) is 4.00. The molecule has 2 N–H and O–H groups in total. The summed E-state index contributed by atoms with van der Waals surface area (Å²) >= 11 is 0. The normalized spacial score (nSPS) is 28.5. The summed E-state index contributed by atoms with van der Waals surface area (Å²) in [6, 6.07) is 0. The topological polar surface area (TPSA) is 84.3 Å². The molecule has 0 radical (unpaired) electrons. The van der Waals surface area contributed by atoms with Gasteiger partial charge >= 0.3 is 5.69 Å². The van der Waals surface area contributed by atoms with Crippen LogP contribution in [0.2, 0.25) is 0 Å². The lowest BCUT2D eigenvalue weighted by Gasteiger charge is -2.16. The molecule has 7 heteroatoms. The molecular formula is C10H13FN2O4. The number of halogens is 1. The van der Waals surface area contributed by atoms with Gasteiger partial charge in [0.15, 0.2) is 6.23 Å². The lowest BCUT2D eigenvalue weighted by molar-refractivity contribution is -0.0410. The van der Waals surface area contributed by atoms with Crippen LogP contribution in [0.3, 0.4) is 0 Å². The number of aliphatic hydroxyl groups is 1. The van der Waals surface area contributed by atoms with E-state index in [9.17, 15) is 19.1 Å². The van der Waals surface area contributed by atoms with Crippen LogP contribution in [-0.2, 0) is 4.74 Å². The molecule has 1 fully saturated rings. The van der Waals surface area contributed by atoms with E-state index in [1.807, 2.05) is 11.9 Å². The largest absolute Gasteiger partial charge is 0.388 e. The Morgan fingerprint density at radius 2 is 2.35 bits per heavy atom. The molecule has 17 heavy (non-hydrogen) atoms. The highest BCUT2D eigenvalue weighted by Crippen LogP contribution is 2.28. The molecule has 0 saturated carbocycles. The number of rotatable bonds is 2. The minimum absolute atomic E-state index is 0.170. The third kappa shape index (κ3) is 2.16. The van der Waals surface area contributed by atoms with E-state index < -0.39 is 29.4 Å². The van der Waals surface area contributed by atoms with Crippen molar-refractivity contribution in [3.05, 3.63) is 32.9 Å². The van der Waals surface area contributed by atoms with Crippen LogP contribution in [0.5, 0.6) is 0 Å². The summed E-state index contributed by atoms with van der Waals surface area (Å²) in [6.07, 6.45) is -0.172. The fraction of sp³-hybridized carbons (Fsp3) is 0.600. The van der Waals surface area contributed by atoms with Crippen LogP contribution in [0.25, 0.3) is 0 Å². The lowest BCUT2D eigenvalue weighted by Crippen LogP contribution is -2.36. The fourth-order valence-corrected chi connectivity index (χ4v) is 1.89. The maximum atomic E-state index is 13.1. The van der Waals surface area contributed by atoms with E-state index in [-0.39, 0.29) is 6.10 Å². The van der Waals surface area contributed by atoms with Gasteiger partial charge in [-0.2, -0.15) is 4.39 Å². The minimum Gasteiger partial charge on any atom is -0.388 e. The van der Waals surface area contributed by atoms with E-state index in [4.69, 9.17) is 4.74 Å². The molecule has 2 rings (SSSR count). The highest BCUT2D eigenvalue weighted by molar-refractivity contribution is 4.91. The fourth-order valence-electron chi connectivity index (χ4n) is 1.89. The zero-order valence-electron chi connectivity index (χ0n) is 9.22. The lowest BCUT2D eigenvalue weighted by atomic mass is 10.1. The van der Waals surface area contributed by atoms with E-state index in [0.717, 1.165) is 10.8 Å². The first-order valence-corrected chi connectivity index (χ1v) is 5.37. The first-order chi connectivity index (χ1) is 8.02. The van der Waals surface area contributed by atoms with E-state index in [0.29, 0.717) is 12.8 Å². The molecular weight excluding hydrogens is 231 g/mol. The van der Waals surface area contributed by atoms with Crippen LogP contribution in [0, 0.1) is 5.82 Å². The summed E-state index contributed by atoms with van der Waals surface area (Å²) in [5.74, 6) is -1.08. The van der Waals surface area contributed by atoms with Crippen LogP contribution in [-0.4, -0.2) is 26.9 Å². The van der Waals surface area contributed by atoms with Crippen molar-refractivity contribution in [1.82, 2.24) is 9.55 Å². The second-order valence-corrected chi connectivity index (χ2v) is 4.00. The second kappa shape index (κ2) is 4.42. The molecule has 0 aromatic carbocycles. The van der Waals surface area contributed by atoms with Crippen molar-refractivity contribution in [2.75, 3.05) is 0 Å². The summed E-state index contributed by atoms with van der Waals surface area (Å²) < 4.78 is 19.4. The molecule has 2 heterocycles. The first-order valence-electron chi connectivity index (χ1n) is 5.37. The Bertz CT molecular complexity index is 524. The molecule has 0 amide bonds. The Morgan fingerprint density at radius 3 is 2.94 bits per heavy atom. The number of aromatic amines is 1. The summed E-state index contributed by atoms with van der Waals surface area (Å²) in [5.41, 5.74) is -1.87. The van der Waals surface area contributed by atoms with Gasteiger partial charge in [-0.25, -0.2) is 4.79 Å². The predicted molar refractivity (Wildman–Crippen MR) is 56.1 cm³/mol. The van der Waals surface area contributed by atoms with Crippen molar-refractivity contribution in [2.24, 2.45) is 0 Å². The summed E-state index contributed by atoms with van der Waals surface area (Å²) in [5, 5.41) is 9.73. The highest BCUT2D eigenvalue weighted by atomic mass is 19.1. The average molecular weight is 244 g/mol. The Morgan fingerprint density at radius 1 is 1.65 bits per heavy atom. The molecule has 1 aliphatic rings. The number of aliphatic hydroxyl groups excluding tert-OH is 1. The Kier molecular flexibility index (Phi) is 3.12. The molecule has 3 unspecified atom stereocenters. The molecule has 1 aliphatic heterocycles. The number of nitrogens with one attached hydrogen (secondary N) is 1. The number of nitrogens with zero attached hydrogens (tertiary/aromatic N) is 1. The van der Waals surface area contributed by atoms with Gasteiger partial charge in [0, 0.05) is 6.42 Å². The zero-order valence-corrected chi connectivity index (χ0v) is 9.22. The van der Waals surface area contributed by atoms with Gasteiger partial charge in [-0.3, -0.25) is 14.3 Å². The average Bonchev–Trinajstić information content (AvgIpc) is 2.65. The van der Waals surface area contributed by atoms with Gasteiger partial charge in [-0.15, -0.1) is 0 Å².